The zero-order chi connectivity index (χ0) is 18.1. The third-order valence-electron chi connectivity index (χ3n) is 3.44. The molecule has 2 rings (SSSR count). The summed E-state index contributed by atoms with van der Waals surface area (Å²) in [4.78, 5) is 25.8. The van der Waals surface area contributed by atoms with E-state index in [1.807, 2.05) is 0 Å². The maximum Gasteiger partial charge on any atom is 0.407 e. The maximum absolute atomic E-state index is 13.7. The van der Waals surface area contributed by atoms with Crippen LogP contribution in [-0.2, 0) is 4.74 Å². The molecule has 2 amide bonds. The summed E-state index contributed by atoms with van der Waals surface area (Å²) in [5.41, 5.74) is -0.476. The SMILES string of the molecule is CC(C)(C)OC(=O)N[C@H]1CCN(C(=O)c2cc(F)c(Br)cc2Cl)C1. The Morgan fingerprint density at radius 3 is 2.71 bits per heavy atom. The van der Waals surface area contributed by atoms with Crippen LogP contribution < -0.4 is 5.32 Å². The molecule has 1 heterocycles. The van der Waals surface area contributed by atoms with Crippen LogP contribution in [0.3, 0.4) is 0 Å². The highest BCUT2D eigenvalue weighted by Crippen LogP contribution is 2.26. The van der Waals surface area contributed by atoms with Gasteiger partial charge >= 0.3 is 6.09 Å². The molecule has 1 N–H and O–H groups in total. The van der Waals surface area contributed by atoms with Gasteiger partial charge in [0.05, 0.1) is 21.1 Å². The lowest BCUT2D eigenvalue weighted by atomic mass is 10.2. The fourth-order valence-corrected chi connectivity index (χ4v) is 3.11. The fourth-order valence-electron chi connectivity index (χ4n) is 2.39. The number of nitrogens with one attached hydrogen (secondary N) is 1. The molecule has 0 aliphatic carbocycles. The molecule has 0 bridgehead atoms. The lowest BCUT2D eigenvalue weighted by molar-refractivity contribution is 0.0502. The molecule has 24 heavy (non-hydrogen) atoms. The van der Waals surface area contributed by atoms with E-state index in [9.17, 15) is 14.0 Å². The van der Waals surface area contributed by atoms with Crippen molar-refractivity contribution in [1.29, 1.82) is 0 Å². The van der Waals surface area contributed by atoms with Gasteiger partial charge in [0.15, 0.2) is 0 Å². The van der Waals surface area contributed by atoms with Crippen LogP contribution in [0.15, 0.2) is 16.6 Å². The molecule has 0 unspecified atom stereocenters. The molecule has 132 valence electrons. The fraction of sp³-hybridized carbons (Fsp3) is 0.500. The number of carbonyl (C=O) groups excluding carboxylic acids is 2. The summed E-state index contributed by atoms with van der Waals surface area (Å²) >= 11 is 9.06. The predicted molar refractivity (Wildman–Crippen MR) is 92.8 cm³/mol. The van der Waals surface area contributed by atoms with Crippen LogP contribution in [0, 0.1) is 5.82 Å². The summed E-state index contributed by atoms with van der Waals surface area (Å²) in [5.74, 6) is -0.912. The van der Waals surface area contributed by atoms with Crippen molar-refractivity contribution in [2.45, 2.75) is 38.8 Å². The minimum atomic E-state index is -0.583. The van der Waals surface area contributed by atoms with Gasteiger partial charge in [-0.25, -0.2) is 9.18 Å². The van der Waals surface area contributed by atoms with Crippen LogP contribution in [0.1, 0.15) is 37.6 Å². The molecule has 5 nitrogen and oxygen atoms in total. The Balaban J connectivity index is 1.99. The van der Waals surface area contributed by atoms with Crippen LogP contribution in [0.2, 0.25) is 5.02 Å². The molecule has 8 heteroatoms. The third-order valence-corrected chi connectivity index (χ3v) is 4.36. The number of rotatable bonds is 2. The Kier molecular flexibility index (Phi) is 5.75. The number of amides is 2. The summed E-state index contributed by atoms with van der Waals surface area (Å²) in [6.45, 7) is 6.11. The van der Waals surface area contributed by atoms with Crippen molar-refractivity contribution in [2.75, 3.05) is 13.1 Å². The van der Waals surface area contributed by atoms with Crippen molar-refractivity contribution in [2.24, 2.45) is 0 Å². The molecule has 1 saturated heterocycles. The minimum absolute atomic E-state index is 0.107. The quantitative estimate of drug-likeness (QED) is 0.735. The molecule has 1 aliphatic rings. The van der Waals surface area contributed by atoms with E-state index in [4.69, 9.17) is 16.3 Å². The number of ether oxygens (including phenoxy) is 1. The van der Waals surface area contributed by atoms with Crippen LogP contribution in [-0.4, -0.2) is 41.6 Å². The van der Waals surface area contributed by atoms with Gasteiger partial charge in [-0.1, -0.05) is 11.6 Å². The Morgan fingerprint density at radius 2 is 2.08 bits per heavy atom. The van der Waals surface area contributed by atoms with Gasteiger partial charge in [-0.15, -0.1) is 0 Å². The van der Waals surface area contributed by atoms with Gasteiger partial charge in [0.1, 0.15) is 11.4 Å². The van der Waals surface area contributed by atoms with Crippen molar-refractivity contribution in [3.05, 3.63) is 33.0 Å². The minimum Gasteiger partial charge on any atom is -0.444 e. The average molecular weight is 422 g/mol. The number of alkyl carbamates (subject to hydrolysis) is 1. The summed E-state index contributed by atoms with van der Waals surface area (Å²) in [6.07, 6.45) is 0.0799. The molecule has 0 spiro atoms. The molecule has 1 aromatic rings. The monoisotopic (exact) mass is 420 g/mol. The van der Waals surface area contributed by atoms with Crippen LogP contribution in [0.25, 0.3) is 0 Å². The zero-order valence-electron chi connectivity index (χ0n) is 13.7. The lowest BCUT2D eigenvalue weighted by Gasteiger charge is -2.22. The highest BCUT2D eigenvalue weighted by atomic mass is 79.9. The molecule has 0 saturated carbocycles. The van der Waals surface area contributed by atoms with E-state index < -0.39 is 17.5 Å². The number of hydrogen-bond acceptors (Lipinski definition) is 3. The first kappa shape index (κ1) is 19.0. The number of halogens is 3. The molecule has 1 fully saturated rings. The van der Waals surface area contributed by atoms with Crippen LogP contribution >= 0.6 is 27.5 Å². The first-order valence-electron chi connectivity index (χ1n) is 7.50. The number of carbonyl (C=O) groups is 2. The molecule has 1 atom stereocenters. The zero-order valence-corrected chi connectivity index (χ0v) is 16.0. The Morgan fingerprint density at radius 1 is 1.42 bits per heavy atom. The van der Waals surface area contributed by atoms with E-state index in [0.29, 0.717) is 19.5 Å². The summed E-state index contributed by atoms with van der Waals surface area (Å²) in [6, 6.07) is 2.27. The summed E-state index contributed by atoms with van der Waals surface area (Å²) < 4.78 is 19.1. The first-order valence-corrected chi connectivity index (χ1v) is 8.67. The normalized spacial score (nSPS) is 17.8. The van der Waals surface area contributed by atoms with Crippen molar-refractivity contribution in [1.82, 2.24) is 10.2 Å². The van der Waals surface area contributed by atoms with Crippen molar-refractivity contribution >= 4 is 39.5 Å². The Labute approximate surface area is 153 Å². The van der Waals surface area contributed by atoms with E-state index in [1.165, 1.54) is 11.0 Å². The molecule has 0 aromatic heterocycles. The number of benzene rings is 1. The summed E-state index contributed by atoms with van der Waals surface area (Å²) in [7, 11) is 0. The number of nitrogens with zero attached hydrogens (tertiary/aromatic N) is 1. The van der Waals surface area contributed by atoms with E-state index in [1.54, 1.807) is 20.8 Å². The van der Waals surface area contributed by atoms with Gasteiger partial charge in [0, 0.05) is 13.1 Å². The van der Waals surface area contributed by atoms with Gasteiger partial charge in [0.25, 0.3) is 5.91 Å². The molecular weight excluding hydrogens is 403 g/mol. The topological polar surface area (TPSA) is 58.6 Å². The van der Waals surface area contributed by atoms with Gasteiger partial charge in [-0.3, -0.25) is 4.79 Å². The second-order valence-corrected chi connectivity index (χ2v) is 7.89. The van der Waals surface area contributed by atoms with Gasteiger partial charge in [0.2, 0.25) is 0 Å². The van der Waals surface area contributed by atoms with Gasteiger partial charge in [-0.05, 0) is 55.3 Å². The average Bonchev–Trinajstić information content (AvgIpc) is 2.88. The van der Waals surface area contributed by atoms with Gasteiger partial charge < -0.3 is 15.0 Å². The highest BCUT2D eigenvalue weighted by molar-refractivity contribution is 9.10. The Hall–Kier alpha value is -1.34. The largest absolute Gasteiger partial charge is 0.444 e. The second-order valence-electron chi connectivity index (χ2n) is 6.63. The van der Waals surface area contributed by atoms with Crippen molar-refractivity contribution < 1.29 is 18.7 Å². The summed E-state index contributed by atoms with van der Waals surface area (Å²) in [5, 5.41) is 2.91. The van der Waals surface area contributed by atoms with E-state index in [-0.39, 0.29) is 27.0 Å². The molecule has 0 radical (unpaired) electrons. The van der Waals surface area contributed by atoms with Gasteiger partial charge in [-0.2, -0.15) is 0 Å². The van der Waals surface area contributed by atoms with E-state index >= 15 is 0 Å². The van der Waals surface area contributed by atoms with E-state index in [2.05, 4.69) is 21.2 Å². The lowest BCUT2D eigenvalue weighted by Crippen LogP contribution is -2.41. The van der Waals surface area contributed by atoms with Crippen molar-refractivity contribution in [3.63, 3.8) is 0 Å². The molecule has 1 aliphatic heterocycles. The standard InChI is InChI=1S/C16H19BrClFN2O3/c1-16(2,3)24-15(23)20-9-4-5-21(8-9)14(22)10-6-13(19)11(17)7-12(10)18/h6-7,9H,4-5,8H2,1-3H3,(H,20,23)/t9-/m0/s1. The van der Waals surface area contributed by atoms with Crippen LogP contribution in [0.5, 0.6) is 0 Å². The maximum atomic E-state index is 13.7. The smallest absolute Gasteiger partial charge is 0.407 e. The number of hydrogen-bond donors (Lipinski definition) is 1. The molecular formula is C16H19BrClFN2O3. The first-order chi connectivity index (χ1) is 11.1. The van der Waals surface area contributed by atoms with E-state index in [0.717, 1.165) is 6.07 Å². The van der Waals surface area contributed by atoms with Crippen LogP contribution in [0.4, 0.5) is 9.18 Å². The Bertz CT molecular complexity index is 663. The second kappa shape index (κ2) is 7.27. The molecule has 1 aromatic carbocycles. The third kappa shape index (κ3) is 4.83. The number of likely N-dealkylation sites (tertiary alicyclic amines) is 1. The highest BCUT2D eigenvalue weighted by Gasteiger charge is 2.30. The predicted octanol–water partition coefficient (Wildman–Crippen LogP) is 3.98. The van der Waals surface area contributed by atoms with Crippen molar-refractivity contribution in [3.8, 4) is 0 Å².